The summed E-state index contributed by atoms with van der Waals surface area (Å²) in [7, 11) is 1.36. The van der Waals surface area contributed by atoms with Crippen molar-refractivity contribution in [2.24, 2.45) is 10.7 Å². The number of amidine groups is 1. The van der Waals surface area contributed by atoms with E-state index in [-0.39, 0.29) is 18.1 Å². The van der Waals surface area contributed by atoms with Crippen LogP contribution in [0, 0.1) is 0 Å². The van der Waals surface area contributed by atoms with Gasteiger partial charge in [-0.3, -0.25) is 4.99 Å². The third kappa shape index (κ3) is 1.73. The van der Waals surface area contributed by atoms with Crippen LogP contribution in [0.4, 0.5) is 0 Å². The molecule has 0 spiro atoms. The lowest BCUT2D eigenvalue weighted by Crippen LogP contribution is -2.43. The summed E-state index contributed by atoms with van der Waals surface area (Å²) in [6.45, 7) is 2.23. The summed E-state index contributed by atoms with van der Waals surface area (Å²) in [4.78, 5) is 15.0. The molecule has 0 saturated heterocycles. The Hall–Kier alpha value is -1.10. The number of rotatable bonds is 2. The predicted molar refractivity (Wildman–Crippen MR) is 44.9 cm³/mol. The van der Waals surface area contributed by atoms with Crippen LogP contribution in [0.1, 0.15) is 6.92 Å². The highest BCUT2D eigenvalue weighted by Gasteiger charge is 2.26. The lowest BCUT2D eigenvalue weighted by Gasteiger charge is -2.10. The molecule has 0 aromatic carbocycles. The van der Waals surface area contributed by atoms with Crippen LogP contribution in [0.5, 0.6) is 0 Å². The minimum Gasteiger partial charge on any atom is -0.467 e. The van der Waals surface area contributed by atoms with Crippen LogP contribution in [0.3, 0.4) is 0 Å². The Bertz CT molecular complexity index is 213. The number of hydrogen-bond acceptors (Lipinski definition) is 5. The number of nitrogens with two attached hydrogens (primary N) is 1. The van der Waals surface area contributed by atoms with Gasteiger partial charge in [0.1, 0.15) is 11.9 Å². The summed E-state index contributed by atoms with van der Waals surface area (Å²) in [6, 6.07) is -0.504. The molecule has 12 heavy (non-hydrogen) atoms. The van der Waals surface area contributed by atoms with Crippen LogP contribution < -0.4 is 11.1 Å². The zero-order chi connectivity index (χ0) is 9.14. The molecule has 5 heteroatoms. The fraction of sp³-hybridized carbons (Fsp3) is 0.714. The van der Waals surface area contributed by atoms with E-state index in [1.165, 1.54) is 7.11 Å². The van der Waals surface area contributed by atoms with Crippen LogP contribution in [-0.2, 0) is 9.53 Å². The Labute approximate surface area is 71.0 Å². The monoisotopic (exact) mass is 171 g/mol. The second-order valence-corrected chi connectivity index (χ2v) is 2.73. The van der Waals surface area contributed by atoms with Crippen LogP contribution in [0.2, 0.25) is 0 Å². The molecule has 2 atom stereocenters. The van der Waals surface area contributed by atoms with Gasteiger partial charge in [-0.25, -0.2) is 4.79 Å². The summed E-state index contributed by atoms with van der Waals surface area (Å²) in [5.41, 5.74) is 5.56. The molecule has 5 nitrogen and oxygen atoms in total. The molecule has 0 aromatic heterocycles. The predicted octanol–water partition coefficient (Wildman–Crippen LogP) is -1.12. The van der Waals surface area contributed by atoms with Gasteiger partial charge in [0, 0.05) is 0 Å². The van der Waals surface area contributed by atoms with Gasteiger partial charge >= 0.3 is 5.97 Å². The van der Waals surface area contributed by atoms with Gasteiger partial charge in [-0.05, 0) is 6.92 Å². The summed E-state index contributed by atoms with van der Waals surface area (Å²) in [5.74, 6) is 0.375. The molecule has 0 aromatic rings. The van der Waals surface area contributed by atoms with Crippen molar-refractivity contribution in [3.63, 3.8) is 0 Å². The number of methoxy groups -OCH3 is 1. The van der Waals surface area contributed by atoms with Crippen LogP contribution in [0.15, 0.2) is 4.99 Å². The van der Waals surface area contributed by atoms with Crippen molar-refractivity contribution in [3.8, 4) is 0 Å². The number of aliphatic imine (C=N–C) groups is 1. The lowest BCUT2D eigenvalue weighted by molar-refractivity contribution is -0.142. The molecule has 2 unspecified atom stereocenters. The Morgan fingerprint density at radius 2 is 2.58 bits per heavy atom. The number of carbonyl (C=O) groups excluding carboxylic acids is 1. The van der Waals surface area contributed by atoms with Gasteiger partial charge in [0.15, 0.2) is 0 Å². The van der Waals surface area contributed by atoms with Gasteiger partial charge in [-0.1, -0.05) is 0 Å². The number of nitrogens with one attached hydrogen (secondary N) is 1. The van der Waals surface area contributed by atoms with Crippen molar-refractivity contribution in [2.75, 3.05) is 13.7 Å². The number of ether oxygens (including phenoxy) is 1. The highest BCUT2D eigenvalue weighted by Crippen LogP contribution is 1.99. The maximum atomic E-state index is 11.0. The molecule has 0 amide bonds. The molecule has 1 aliphatic heterocycles. The van der Waals surface area contributed by atoms with E-state index >= 15 is 0 Å². The minimum absolute atomic E-state index is 0.153. The molecule has 0 bridgehead atoms. The molecule has 1 heterocycles. The Morgan fingerprint density at radius 3 is 3.00 bits per heavy atom. The number of nitrogens with zero attached hydrogens (tertiary/aromatic N) is 1. The molecule has 1 rings (SSSR count). The van der Waals surface area contributed by atoms with Gasteiger partial charge < -0.3 is 15.8 Å². The summed E-state index contributed by atoms with van der Waals surface area (Å²) >= 11 is 0. The standard InChI is InChI=1S/C7H13N3O2/c1-4(8)6-9-3-5(10-6)7(11)12-2/h4-5H,3,8H2,1-2H3,(H,9,10). The molecule has 0 aliphatic carbocycles. The second kappa shape index (κ2) is 3.53. The SMILES string of the molecule is COC(=O)C1CN=C(C(C)N)N1. The first-order chi connectivity index (χ1) is 5.65. The molecule has 0 saturated carbocycles. The highest BCUT2D eigenvalue weighted by molar-refractivity contribution is 5.93. The number of carbonyl (C=O) groups is 1. The van der Waals surface area contributed by atoms with Gasteiger partial charge in [0.2, 0.25) is 0 Å². The van der Waals surface area contributed by atoms with Crippen molar-refractivity contribution in [1.29, 1.82) is 0 Å². The topological polar surface area (TPSA) is 76.7 Å². The molecule has 3 N–H and O–H groups in total. The first kappa shape index (κ1) is 8.99. The molecular weight excluding hydrogens is 158 g/mol. The van der Waals surface area contributed by atoms with E-state index in [9.17, 15) is 4.79 Å². The fourth-order valence-electron chi connectivity index (χ4n) is 1.01. The van der Waals surface area contributed by atoms with Crippen molar-refractivity contribution < 1.29 is 9.53 Å². The van der Waals surface area contributed by atoms with Crippen molar-refractivity contribution in [1.82, 2.24) is 5.32 Å². The third-order valence-electron chi connectivity index (χ3n) is 1.68. The number of esters is 1. The minimum atomic E-state index is -0.351. The molecule has 0 radical (unpaired) electrons. The molecule has 0 fully saturated rings. The molecular formula is C7H13N3O2. The molecule has 1 aliphatic rings. The van der Waals surface area contributed by atoms with Crippen molar-refractivity contribution >= 4 is 11.8 Å². The first-order valence-electron chi connectivity index (χ1n) is 3.79. The quantitative estimate of drug-likeness (QED) is 0.516. The molecule has 68 valence electrons. The summed E-state index contributed by atoms with van der Waals surface area (Å²) in [6.07, 6.45) is 0. The second-order valence-electron chi connectivity index (χ2n) is 2.73. The van der Waals surface area contributed by atoms with Crippen molar-refractivity contribution in [3.05, 3.63) is 0 Å². The summed E-state index contributed by atoms with van der Waals surface area (Å²) in [5, 5.41) is 2.89. The Balaban J connectivity index is 2.47. The van der Waals surface area contributed by atoms with Crippen LogP contribution in [-0.4, -0.2) is 37.5 Å². The zero-order valence-corrected chi connectivity index (χ0v) is 7.20. The Morgan fingerprint density at radius 1 is 1.92 bits per heavy atom. The third-order valence-corrected chi connectivity index (χ3v) is 1.68. The average molecular weight is 171 g/mol. The van der Waals surface area contributed by atoms with E-state index in [1.54, 1.807) is 0 Å². The van der Waals surface area contributed by atoms with Crippen LogP contribution in [0.25, 0.3) is 0 Å². The first-order valence-corrected chi connectivity index (χ1v) is 3.79. The van der Waals surface area contributed by atoms with E-state index in [0.29, 0.717) is 12.4 Å². The smallest absolute Gasteiger partial charge is 0.330 e. The lowest BCUT2D eigenvalue weighted by atomic mass is 10.3. The van der Waals surface area contributed by atoms with Gasteiger partial charge in [-0.2, -0.15) is 0 Å². The fourth-order valence-corrected chi connectivity index (χ4v) is 1.01. The normalized spacial score (nSPS) is 24.2. The number of hydrogen-bond donors (Lipinski definition) is 2. The van der Waals surface area contributed by atoms with Crippen LogP contribution >= 0.6 is 0 Å². The maximum Gasteiger partial charge on any atom is 0.330 e. The van der Waals surface area contributed by atoms with E-state index in [0.717, 1.165) is 0 Å². The van der Waals surface area contributed by atoms with E-state index in [4.69, 9.17) is 5.73 Å². The summed E-state index contributed by atoms with van der Waals surface area (Å²) < 4.78 is 4.55. The van der Waals surface area contributed by atoms with Gasteiger partial charge in [0.25, 0.3) is 0 Å². The van der Waals surface area contributed by atoms with E-state index < -0.39 is 0 Å². The maximum absolute atomic E-state index is 11.0. The Kier molecular flexibility index (Phi) is 2.65. The zero-order valence-electron chi connectivity index (χ0n) is 7.20. The highest BCUT2D eigenvalue weighted by atomic mass is 16.5. The van der Waals surface area contributed by atoms with Gasteiger partial charge in [-0.15, -0.1) is 0 Å². The van der Waals surface area contributed by atoms with E-state index in [2.05, 4.69) is 15.0 Å². The van der Waals surface area contributed by atoms with Crippen molar-refractivity contribution in [2.45, 2.75) is 19.0 Å². The van der Waals surface area contributed by atoms with Gasteiger partial charge in [0.05, 0.1) is 19.7 Å². The van der Waals surface area contributed by atoms with E-state index in [1.807, 2.05) is 6.92 Å². The average Bonchev–Trinajstić information content (AvgIpc) is 2.51. The largest absolute Gasteiger partial charge is 0.467 e.